The molecule has 4 nitrogen and oxygen atoms in total. The van der Waals surface area contributed by atoms with E-state index in [2.05, 4.69) is 37.5 Å². The zero-order valence-corrected chi connectivity index (χ0v) is 9.71. The van der Waals surface area contributed by atoms with Crippen LogP contribution in [-0.4, -0.2) is 15.0 Å². The minimum absolute atomic E-state index is 0.824. The lowest BCUT2D eigenvalue weighted by Crippen LogP contribution is -2.32. The van der Waals surface area contributed by atoms with Gasteiger partial charge in [-0.25, -0.2) is 9.55 Å². The van der Waals surface area contributed by atoms with Gasteiger partial charge < -0.3 is 0 Å². The average molecular weight is 299 g/mol. The summed E-state index contributed by atoms with van der Waals surface area (Å²) in [6.45, 7) is 0. The fourth-order valence-electron chi connectivity index (χ4n) is 1.14. The van der Waals surface area contributed by atoms with Crippen molar-refractivity contribution in [1.29, 1.82) is 0 Å². The molecule has 0 radical (unpaired) electrons. The predicted octanol–water partition coefficient (Wildman–Crippen LogP) is 0.968. The van der Waals surface area contributed by atoms with Crippen LogP contribution in [0.5, 0.6) is 0 Å². The summed E-state index contributed by atoms with van der Waals surface area (Å²) in [5.41, 5.74) is 0.887. The van der Waals surface area contributed by atoms with Gasteiger partial charge in [-0.05, 0) is 34.7 Å². The Morgan fingerprint density at radius 2 is 2.21 bits per heavy atom. The van der Waals surface area contributed by atoms with E-state index in [1.165, 1.54) is 6.33 Å². The molecule has 2 rings (SSSR count). The third kappa shape index (κ3) is 1.72. The monoisotopic (exact) mass is 299 g/mol. The summed E-state index contributed by atoms with van der Waals surface area (Å²) in [6, 6.07) is 3.91. The molecule has 70 valence electrons. The molecule has 0 unspecified atom stereocenters. The standard InChI is InChI=1S/C9H8IN4/c1-14-6-11-5-13-9(14)8-7(10)3-2-4-12-8/h2-6H,1H3/q+1. The number of pyridine rings is 1. The molecule has 14 heavy (non-hydrogen) atoms. The van der Waals surface area contributed by atoms with Crippen LogP contribution in [-0.2, 0) is 7.05 Å². The second-order valence-corrected chi connectivity index (χ2v) is 3.94. The summed E-state index contributed by atoms with van der Waals surface area (Å²) < 4.78 is 2.93. The highest BCUT2D eigenvalue weighted by atomic mass is 127. The van der Waals surface area contributed by atoms with Gasteiger partial charge in [-0.3, -0.25) is 0 Å². The lowest BCUT2D eigenvalue weighted by molar-refractivity contribution is -0.666. The van der Waals surface area contributed by atoms with Crippen molar-refractivity contribution in [2.45, 2.75) is 0 Å². The maximum Gasteiger partial charge on any atom is 0.292 e. The summed E-state index contributed by atoms with van der Waals surface area (Å²) in [6.07, 6.45) is 5.01. The average Bonchev–Trinajstić information content (AvgIpc) is 2.20. The molecule has 0 aliphatic heterocycles. The van der Waals surface area contributed by atoms with Crippen molar-refractivity contribution >= 4 is 22.6 Å². The highest BCUT2D eigenvalue weighted by Crippen LogP contribution is 2.16. The summed E-state index contributed by atoms with van der Waals surface area (Å²) in [4.78, 5) is 12.4. The van der Waals surface area contributed by atoms with Crippen molar-refractivity contribution in [3.63, 3.8) is 0 Å². The van der Waals surface area contributed by atoms with Crippen LogP contribution in [0.25, 0.3) is 11.5 Å². The molecule has 0 atom stereocenters. The molecule has 0 aliphatic carbocycles. The topological polar surface area (TPSA) is 42.5 Å². The van der Waals surface area contributed by atoms with Crippen molar-refractivity contribution in [3.8, 4) is 11.5 Å². The van der Waals surface area contributed by atoms with Crippen LogP contribution in [0.3, 0.4) is 0 Å². The molecule has 0 spiro atoms. The molecule has 5 heteroatoms. The number of nitrogens with zero attached hydrogens (tertiary/aromatic N) is 4. The molecule has 0 amide bonds. The molecule has 2 aromatic heterocycles. The van der Waals surface area contributed by atoms with Gasteiger partial charge in [0.2, 0.25) is 6.33 Å². The maximum atomic E-state index is 4.29. The van der Waals surface area contributed by atoms with Gasteiger partial charge in [0.15, 0.2) is 5.69 Å². The summed E-state index contributed by atoms with van der Waals surface area (Å²) in [7, 11) is 1.90. The largest absolute Gasteiger partial charge is 0.292 e. The zero-order valence-electron chi connectivity index (χ0n) is 7.55. The third-order valence-corrected chi connectivity index (χ3v) is 2.66. The minimum Gasteiger partial charge on any atom is -0.249 e. The quantitative estimate of drug-likeness (QED) is 0.582. The Bertz CT molecular complexity index is 415. The van der Waals surface area contributed by atoms with E-state index >= 15 is 0 Å². The number of halogens is 1. The molecular formula is C9H8IN4+. The Hall–Kier alpha value is -1.11. The summed E-state index contributed by atoms with van der Waals surface area (Å²) >= 11 is 2.24. The molecule has 0 aliphatic rings. The first-order valence-electron chi connectivity index (χ1n) is 4.05. The highest BCUT2D eigenvalue weighted by Gasteiger charge is 2.13. The van der Waals surface area contributed by atoms with E-state index in [1.54, 1.807) is 12.5 Å². The minimum atomic E-state index is 0.824. The van der Waals surface area contributed by atoms with Crippen LogP contribution in [0, 0.1) is 3.57 Å². The summed E-state index contributed by atoms with van der Waals surface area (Å²) in [5, 5.41) is 0. The number of rotatable bonds is 1. The Morgan fingerprint density at radius 3 is 2.93 bits per heavy atom. The molecule has 0 N–H and O–H groups in total. The van der Waals surface area contributed by atoms with Crippen LogP contribution < -0.4 is 4.57 Å². The Labute approximate surface area is 95.2 Å². The second kappa shape index (κ2) is 3.95. The molecule has 0 fully saturated rings. The van der Waals surface area contributed by atoms with Crippen molar-refractivity contribution < 1.29 is 4.57 Å². The fourth-order valence-corrected chi connectivity index (χ4v) is 1.73. The molecule has 0 saturated heterocycles. The van der Waals surface area contributed by atoms with Crippen LogP contribution in [0.4, 0.5) is 0 Å². The van der Waals surface area contributed by atoms with Crippen molar-refractivity contribution in [2.75, 3.05) is 0 Å². The van der Waals surface area contributed by atoms with Gasteiger partial charge in [0.1, 0.15) is 0 Å². The van der Waals surface area contributed by atoms with Gasteiger partial charge in [-0.2, -0.15) is 0 Å². The maximum absolute atomic E-state index is 4.29. The van der Waals surface area contributed by atoms with Crippen molar-refractivity contribution in [2.24, 2.45) is 7.05 Å². The lowest BCUT2D eigenvalue weighted by atomic mass is 10.3. The molecule has 2 aromatic rings. The number of aromatic nitrogens is 4. The van der Waals surface area contributed by atoms with Crippen LogP contribution in [0.1, 0.15) is 0 Å². The lowest BCUT2D eigenvalue weighted by Gasteiger charge is -1.99. The van der Waals surface area contributed by atoms with Crippen LogP contribution in [0.15, 0.2) is 31.0 Å². The first kappa shape index (κ1) is 9.45. The SMILES string of the molecule is C[n+]1cncnc1-c1ncccc1I. The van der Waals surface area contributed by atoms with E-state index in [0.717, 1.165) is 15.1 Å². The van der Waals surface area contributed by atoms with Gasteiger partial charge >= 0.3 is 0 Å². The Kier molecular flexibility index (Phi) is 2.67. The number of hydrogen-bond acceptors (Lipinski definition) is 3. The van der Waals surface area contributed by atoms with E-state index in [4.69, 9.17) is 0 Å². The van der Waals surface area contributed by atoms with Crippen LogP contribution >= 0.6 is 22.6 Å². The van der Waals surface area contributed by atoms with E-state index in [-0.39, 0.29) is 0 Å². The van der Waals surface area contributed by atoms with E-state index in [9.17, 15) is 0 Å². The second-order valence-electron chi connectivity index (χ2n) is 2.78. The highest BCUT2D eigenvalue weighted by molar-refractivity contribution is 14.1. The van der Waals surface area contributed by atoms with E-state index < -0.39 is 0 Å². The first-order valence-corrected chi connectivity index (χ1v) is 5.13. The van der Waals surface area contributed by atoms with Gasteiger partial charge in [-0.1, -0.05) is 9.97 Å². The Morgan fingerprint density at radius 1 is 1.36 bits per heavy atom. The number of hydrogen-bond donors (Lipinski definition) is 0. The molecule has 2 heterocycles. The first-order chi connectivity index (χ1) is 6.79. The van der Waals surface area contributed by atoms with Gasteiger partial charge in [0.25, 0.3) is 12.2 Å². The predicted molar refractivity (Wildman–Crippen MR) is 59.2 cm³/mol. The third-order valence-electron chi connectivity index (χ3n) is 1.79. The van der Waals surface area contributed by atoms with Crippen molar-refractivity contribution in [3.05, 3.63) is 34.6 Å². The van der Waals surface area contributed by atoms with Gasteiger partial charge in [-0.15, -0.1) is 0 Å². The molecule has 0 saturated carbocycles. The van der Waals surface area contributed by atoms with E-state index in [1.807, 2.05) is 23.7 Å². The Balaban J connectivity index is 2.61. The van der Waals surface area contributed by atoms with Gasteiger partial charge in [0, 0.05) is 9.77 Å². The van der Waals surface area contributed by atoms with Crippen LogP contribution in [0.2, 0.25) is 0 Å². The number of aryl methyl sites for hydroxylation is 1. The molecule has 0 bridgehead atoms. The summed E-state index contributed by atoms with van der Waals surface area (Å²) in [5.74, 6) is 0.824. The fraction of sp³-hybridized carbons (Fsp3) is 0.111. The smallest absolute Gasteiger partial charge is 0.249 e. The molecule has 0 aromatic carbocycles. The molecular weight excluding hydrogens is 291 g/mol. The van der Waals surface area contributed by atoms with Crippen molar-refractivity contribution in [1.82, 2.24) is 15.0 Å². The van der Waals surface area contributed by atoms with E-state index in [0.29, 0.717) is 0 Å². The normalized spacial score (nSPS) is 10.1. The van der Waals surface area contributed by atoms with Gasteiger partial charge in [0.05, 0.1) is 7.05 Å². The zero-order chi connectivity index (χ0) is 9.97.